The van der Waals surface area contributed by atoms with Crippen LogP contribution in [0.4, 0.5) is 0 Å². The van der Waals surface area contributed by atoms with Gasteiger partial charge in [0.15, 0.2) is 0 Å². The van der Waals surface area contributed by atoms with Crippen LogP contribution in [0, 0.1) is 0 Å². The van der Waals surface area contributed by atoms with Gasteiger partial charge in [0.05, 0.1) is 0 Å². The highest BCUT2D eigenvalue weighted by Crippen LogP contribution is 2.36. The number of hydrogen-bond acceptors (Lipinski definition) is 2. The van der Waals surface area contributed by atoms with Crippen LogP contribution in [-0.2, 0) is 5.41 Å². The number of phenols is 1. The van der Waals surface area contributed by atoms with E-state index in [-0.39, 0.29) is 5.41 Å². The van der Waals surface area contributed by atoms with Crippen LogP contribution < -0.4 is 5.32 Å². The Morgan fingerprint density at radius 1 is 1.28 bits per heavy atom. The molecule has 0 aliphatic carbocycles. The molecule has 1 fully saturated rings. The maximum atomic E-state index is 10.1. The largest absolute Gasteiger partial charge is 0.508 e. The van der Waals surface area contributed by atoms with Crippen LogP contribution in [0.2, 0.25) is 0 Å². The van der Waals surface area contributed by atoms with Gasteiger partial charge in [0.1, 0.15) is 5.75 Å². The van der Waals surface area contributed by atoms with Gasteiger partial charge in [-0.2, -0.15) is 0 Å². The molecule has 1 aromatic carbocycles. The lowest BCUT2D eigenvalue weighted by molar-refractivity contribution is 0.421. The molecule has 2 N–H and O–H groups in total. The van der Waals surface area contributed by atoms with E-state index in [9.17, 15) is 5.11 Å². The first-order valence-electron chi connectivity index (χ1n) is 7.08. The monoisotopic (exact) mass is 247 g/mol. The molecule has 0 amide bonds. The summed E-state index contributed by atoms with van der Waals surface area (Å²) in [7, 11) is 0. The Morgan fingerprint density at radius 2 is 1.94 bits per heavy atom. The molecule has 1 aromatic rings. The normalized spacial score (nSPS) is 17.9. The molecule has 0 spiro atoms. The summed E-state index contributed by atoms with van der Waals surface area (Å²) in [6, 6.07) is 6.18. The summed E-state index contributed by atoms with van der Waals surface area (Å²) in [4.78, 5) is 0. The second kappa shape index (κ2) is 5.31. The Labute approximate surface area is 110 Å². The van der Waals surface area contributed by atoms with Gasteiger partial charge in [0.2, 0.25) is 0 Å². The molecule has 100 valence electrons. The molecule has 0 radical (unpaired) electrons. The van der Waals surface area contributed by atoms with Gasteiger partial charge in [0.25, 0.3) is 0 Å². The van der Waals surface area contributed by atoms with Crippen LogP contribution in [0.25, 0.3) is 0 Å². The summed E-state index contributed by atoms with van der Waals surface area (Å²) < 4.78 is 0. The van der Waals surface area contributed by atoms with Gasteiger partial charge in [-0.25, -0.2) is 0 Å². The molecule has 0 bridgehead atoms. The van der Waals surface area contributed by atoms with Crippen LogP contribution in [0.15, 0.2) is 18.2 Å². The van der Waals surface area contributed by atoms with Crippen LogP contribution in [0.5, 0.6) is 5.75 Å². The summed E-state index contributed by atoms with van der Waals surface area (Å²) in [6.07, 6.45) is 3.37. The topological polar surface area (TPSA) is 32.3 Å². The van der Waals surface area contributed by atoms with Crippen molar-refractivity contribution in [3.63, 3.8) is 0 Å². The summed E-state index contributed by atoms with van der Waals surface area (Å²) >= 11 is 0. The van der Waals surface area contributed by atoms with Crippen molar-refractivity contribution >= 4 is 0 Å². The average Bonchev–Trinajstić information content (AvgIpc) is 2.40. The van der Waals surface area contributed by atoms with Crippen molar-refractivity contribution in [3.8, 4) is 5.75 Å². The average molecular weight is 247 g/mol. The van der Waals surface area contributed by atoms with Crippen molar-refractivity contribution in [1.82, 2.24) is 5.32 Å². The molecular formula is C16H25NO. The zero-order valence-electron chi connectivity index (χ0n) is 11.8. The molecule has 0 atom stereocenters. The quantitative estimate of drug-likeness (QED) is 0.856. The Balaban J connectivity index is 2.31. The molecule has 0 saturated carbocycles. The number of phenolic OH excluding ortho intramolecular Hbond substituents is 1. The van der Waals surface area contributed by atoms with Gasteiger partial charge < -0.3 is 10.4 Å². The number of nitrogens with one attached hydrogen (secondary N) is 1. The third-order valence-electron chi connectivity index (χ3n) is 4.47. The van der Waals surface area contributed by atoms with E-state index in [2.05, 4.69) is 38.2 Å². The Morgan fingerprint density at radius 3 is 2.56 bits per heavy atom. The van der Waals surface area contributed by atoms with Crippen molar-refractivity contribution < 1.29 is 5.11 Å². The lowest BCUT2D eigenvalue weighted by Crippen LogP contribution is -2.27. The van der Waals surface area contributed by atoms with Crippen molar-refractivity contribution in [2.24, 2.45) is 0 Å². The summed E-state index contributed by atoms with van der Waals surface area (Å²) in [6.45, 7) is 8.88. The molecule has 18 heavy (non-hydrogen) atoms. The maximum absolute atomic E-state index is 10.1. The number of hydrogen-bond donors (Lipinski definition) is 2. The minimum absolute atomic E-state index is 0.190. The summed E-state index contributed by atoms with van der Waals surface area (Å²) in [5.41, 5.74) is 2.68. The number of aromatic hydroxyl groups is 1. The first kappa shape index (κ1) is 13.4. The summed E-state index contributed by atoms with van der Waals surface area (Å²) in [5.74, 6) is 0.983. The Bertz CT molecular complexity index is 406. The van der Waals surface area contributed by atoms with E-state index in [0.717, 1.165) is 37.9 Å². The van der Waals surface area contributed by atoms with Crippen molar-refractivity contribution in [2.45, 2.75) is 51.4 Å². The van der Waals surface area contributed by atoms with Crippen molar-refractivity contribution in [1.29, 1.82) is 0 Å². The van der Waals surface area contributed by atoms with Crippen molar-refractivity contribution in [3.05, 3.63) is 29.3 Å². The second-order valence-corrected chi connectivity index (χ2v) is 6.04. The van der Waals surface area contributed by atoms with Gasteiger partial charge in [-0.1, -0.05) is 32.9 Å². The fourth-order valence-electron chi connectivity index (χ4n) is 2.64. The highest BCUT2D eigenvalue weighted by atomic mass is 16.3. The fraction of sp³-hybridized carbons (Fsp3) is 0.625. The van der Waals surface area contributed by atoms with E-state index in [0.29, 0.717) is 11.7 Å². The van der Waals surface area contributed by atoms with Gasteiger partial charge in [-0.05, 0) is 60.9 Å². The lowest BCUT2D eigenvalue weighted by Gasteiger charge is -2.28. The highest BCUT2D eigenvalue weighted by Gasteiger charge is 2.23. The van der Waals surface area contributed by atoms with Gasteiger partial charge >= 0.3 is 0 Å². The van der Waals surface area contributed by atoms with Crippen LogP contribution in [-0.4, -0.2) is 18.2 Å². The molecule has 0 aromatic heterocycles. The predicted molar refractivity (Wildman–Crippen MR) is 76.3 cm³/mol. The standard InChI is InChI=1S/C16H25NO/c1-4-16(2,3)13-5-6-15(18)14(11-13)12-7-9-17-10-8-12/h5-6,11-12,17-18H,4,7-10H2,1-3H3. The molecule has 1 aliphatic rings. The van der Waals surface area contributed by atoms with E-state index >= 15 is 0 Å². The van der Waals surface area contributed by atoms with E-state index in [1.807, 2.05) is 6.07 Å². The molecule has 2 heteroatoms. The minimum Gasteiger partial charge on any atom is -0.508 e. The zero-order chi connectivity index (χ0) is 13.2. The number of rotatable bonds is 3. The fourth-order valence-corrected chi connectivity index (χ4v) is 2.64. The van der Waals surface area contributed by atoms with E-state index in [1.54, 1.807) is 0 Å². The maximum Gasteiger partial charge on any atom is 0.119 e. The smallest absolute Gasteiger partial charge is 0.119 e. The van der Waals surface area contributed by atoms with E-state index in [4.69, 9.17) is 0 Å². The van der Waals surface area contributed by atoms with Gasteiger partial charge in [-0.3, -0.25) is 0 Å². The highest BCUT2D eigenvalue weighted by molar-refractivity contribution is 5.41. The number of benzene rings is 1. The number of piperidine rings is 1. The SMILES string of the molecule is CCC(C)(C)c1ccc(O)c(C2CCNCC2)c1. The molecule has 0 unspecified atom stereocenters. The van der Waals surface area contributed by atoms with Gasteiger partial charge in [0, 0.05) is 0 Å². The molecule has 1 heterocycles. The third-order valence-corrected chi connectivity index (χ3v) is 4.47. The first-order valence-corrected chi connectivity index (χ1v) is 7.08. The predicted octanol–water partition coefficient (Wildman–Crippen LogP) is 3.55. The molecule has 2 rings (SSSR count). The first-order chi connectivity index (χ1) is 8.54. The Kier molecular flexibility index (Phi) is 3.96. The summed E-state index contributed by atoms with van der Waals surface area (Å²) in [5, 5.41) is 13.5. The second-order valence-electron chi connectivity index (χ2n) is 6.04. The third kappa shape index (κ3) is 2.69. The minimum atomic E-state index is 0.190. The van der Waals surface area contributed by atoms with Gasteiger partial charge in [-0.15, -0.1) is 0 Å². The molecule has 1 aliphatic heterocycles. The molecular weight excluding hydrogens is 222 g/mol. The zero-order valence-corrected chi connectivity index (χ0v) is 11.8. The van der Waals surface area contributed by atoms with Crippen LogP contribution >= 0.6 is 0 Å². The molecule has 1 saturated heterocycles. The van der Waals surface area contributed by atoms with Crippen LogP contribution in [0.1, 0.15) is 57.1 Å². The van der Waals surface area contributed by atoms with E-state index in [1.165, 1.54) is 5.56 Å². The van der Waals surface area contributed by atoms with Crippen molar-refractivity contribution in [2.75, 3.05) is 13.1 Å². The van der Waals surface area contributed by atoms with Crippen LogP contribution in [0.3, 0.4) is 0 Å². The Hall–Kier alpha value is -1.02. The molecule has 2 nitrogen and oxygen atoms in total. The van der Waals surface area contributed by atoms with E-state index < -0.39 is 0 Å². The lowest BCUT2D eigenvalue weighted by atomic mass is 9.79.